The van der Waals surface area contributed by atoms with Gasteiger partial charge in [-0.05, 0) is 36.3 Å². The van der Waals surface area contributed by atoms with Crippen LogP contribution in [0.2, 0.25) is 0 Å². The molecule has 12 heteroatoms. The van der Waals surface area contributed by atoms with Crippen molar-refractivity contribution in [3.63, 3.8) is 0 Å². The molecule has 3 atom stereocenters. The summed E-state index contributed by atoms with van der Waals surface area (Å²) in [5, 5.41) is 0. The zero-order chi connectivity index (χ0) is 31.8. The number of para-hydroxylation sites is 4. The fourth-order valence-corrected chi connectivity index (χ4v) is 16.1. The second-order valence-electron chi connectivity index (χ2n) is 11.9. The molecule has 3 unspecified atom stereocenters. The first-order valence-electron chi connectivity index (χ1n) is 15.8. The maximum Gasteiger partial charge on any atom is 0.460 e. The van der Waals surface area contributed by atoms with Crippen LogP contribution >= 0.6 is 23.0 Å². The smallest absolute Gasteiger partial charge is 0.426 e. The third kappa shape index (κ3) is 4.61. The molecule has 10 rings (SSSR count). The van der Waals surface area contributed by atoms with E-state index in [-0.39, 0.29) is 5.92 Å². The first-order chi connectivity index (χ1) is 23.6. The van der Waals surface area contributed by atoms with Crippen molar-refractivity contribution in [1.82, 2.24) is 0 Å². The van der Waals surface area contributed by atoms with Crippen LogP contribution in [-0.4, -0.2) is 6.10 Å². The Morgan fingerprint density at radius 2 is 0.979 bits per heavy atom. The van der Waals surface area contributed by atoms with Crippen molar-refractivity contribution in [3.05, 3.63) is 145 Å². The van der Waals surface area contributed by atoms with Gasteiger partial charge in [-0.15, -0.1) is 9.03 Å². The van der Waals surface area contributed by atoms with E-state index >= 15 is 0 Å². The lowest BCUT2D eigenvalue weighted by molar-refractivity contribution is 0.216. The molecule has 0 amide bonds. The fraction of sp³-hybridized carbons (Fsp3) is 0.111. The van der Waals surface area contributed by atoms with Crippen molar-refractivity contribution in [1.29, 1.82) is 0 Å². The molecule has 0 bridgehead atoms. The van der Waals surface area contributed by atoms with E-state index in [0.717, 1.165) is 40.0 Å². The third-order valence-electron chi connectivity index (χ3n) is 8.76. The molecule has 0 saturated carbocycles. The van der Waals surface area contributed by atoms with Crippen LogP contribution in [0.15, 0.2) is 158 Å². The molecule has 0 fully saturated rings. The lowest BCUT2D eigenvalue weighted by Crippen LogP contribution is -2.21. The number of hydrogen-bond acceptors (Lipinski definition) is 9. The summed E-state index contributed by atoms with van der Waals surface area (Å²) in [4.78, 5) is 0. The maximum atomic E-state index is 7.04. The van der Waals surface area contributed by atoms with Gasteiger partial charge in [0.05, 0.1) is 6.10 Å². The zero-order valence-electron chi connectivity index (χ0n) is 25.4. The van der Waals surface area contributed by atoms with Crippen LogP contribution in [0.5, 0.6) is 23.0 Å². The predicted molar refractivity (Wildman–Crippen MR) is 187 cm³/mol. The maximum absolute atomic E-state index is 7.04. The first-order valence-corrected chi connectivity index (χ1v) is 20.4. The van der Waals surface area contributed by atoms with Crippen molar-refractivity contribution in [2.24, 2.45) is 19.5 Å². The summed E-state index contributed by atoms with van der Waals surface area (Å²) >= 11 is 0. The average Bonchev–Trinajstić information content (AvgIpc) is 3.38. The van der Waals surface area contributed by atoms with Gasteiger partial charge in [-0.25, -0.2) is 0 Å². The van der Waals surface area contributed by atoms with Gasteiger partial charge in [0.15, 0.2) is 0 Å². The van der Waals surface area contributed by atoms with Crippen molar-refractivity contribution in [3.8, 4) is 45.3 Å². The molecular formula is C36H28N3O6P3. The topological polar surface area (TPSA) is 92.5 Å². The number of nitrogens with zero attached hydrogens (tertiary/aromatic N) is 3. The standard InChI is InChI=1S/C36H28N3O6P3/c1-7-19-31-25(13-1)26-14-2-8-20-32(26)41-46(40-31)37-47(42-33-21-9-3-15-27(33)28-16-4-10-22-34(28)43-47)39-48(38-46)44-35-23-11-5-17-29(35)30-18-6-12-24-36(30)45-48/h1-11,13-23,29,35H,12,24H2. The van der Waals surface area contributed by atoms with Crippen LogP contribution in [0.1, 0.15) is 12.8 Å². The zero-order valence-corrected chi connectivity index (χ0v) is 28.1. The van der Waals surface area contributed by atoms with Crippen molar-refractivity contribution >= 4 is 23.0 Å². The highest BCUT2D eigenvalue weighted by atomic mass is 31.3. The highest BCUT2D eigenvalue weighted by molar-refractivity contribution is 7.78. The number of allylic oxidation sites excluding steroid dienone is 5. The molecule has 4 heterocycles. The number of rotatable bonds is 0. The SMILES string of the molecule is C1=CC2OP3(=NP4(=NP5(=N3)Oc3ccccc3-c3ccccc3O5)Oc3ccccc3-c3ccccc3O4)OC3=C(C=CCC3)C2C=C1. The molecule has 3 spiro atoms. The van der Waals surface area contributed by atoms with Crippen molar-refractivity contribution in [2.45, 2.75) is 18.9 Å². The lowest BCUT2D eigenvalue weighted by atomic mass is 9.86. The van der Waals surface area contributed by atoms with E-state index in [9.17, 15) is 0 Å². The van der Waals surface area contributed by atoms with Gasteiger partial charge in [0.25, 0.3) is 0 Å². The van der Waals surface area contributed by atoms with Crippen LogP contribution in [0.25, 0.3) is 22.3 Å². The van der Waals surface area contributed by atoms with E-state index < -0.39 is 29.1 Å². The summed E-state index contributed by atoms with van der Waals surface area (Å²) in [6.45, 7) is 0. The third-order valence-corrected chi connectivity index (χ3v) is 16.9. The summed E-state index contributed by atoms with van der Waals surface area (Å²) in [6, 6.07) is 31.2. The summed E-state index contributed by atoms with van der Waals surface area (Å²) in [7, 11) is -11.2. The summed E-state index contributed by atoms with van der Waals surface area (Å²) in [6.07, 6.45) is 13.6. The first kappa shape index (κ1) is 28.5. The van der Waals surface area contributed by atoms with E-state index in [0.29, 0.717) is 29.4 Å². The molecular weight excluding hydrogens is 663 g/mol. The van der Waals surface area contributed by atoms with Crippen molar-refractivity contribution in [2.75, 3.05) is 0 Å². The Balaban J connectivity index is 1.29. The summed E-state index contributed by atoms with van der Waals surface area (Å²) < 4.78 is 57.6. The van der Waals surface area contributed by atoms with Gasteiger partial charge in [-0.3, -0.25) is 4.52 Å². The second kappa shape index (κ2) is 10.7. The Labute approximate surface area is 278 Å². The quantitative estimate of drug-likeness (QED) is 0.170. The minimum absolute atomic E-state index is 0.0800. The molecule has 0 N–H and O–H groups in total. The molecule has 6 aliphatic rings. The molecule has 48 heavy (non-hydrogen) atoms. The van der Waals surface area contributed by atoms with Gasteiger partial charge >= 0.3 is 23.0 Å². The molecule has 4 aromatic carbocycles. The number of benzene rings is 4. The Kier molecular flexibility index (Phi) is 6.38. The number of hydrogen-bond donors (Lipinski definition) is 0. The van der Waals surface area contributed by atoms with Crippen LogP contribution < -0.4 is 18.1 Å². The molecule has 0 aromatic heterocycles. The van der Waals surface area contributed by atoms with Gasteiger partial charge in [0.1, 0.15) is 28.8 Å². The van der Waals surface area contributed by atoms with E-state index in [1.54, 1.807) is 0 Å². The highest BCUT2D eigenvalue weighted by Crippen LogP contribution is 2.82. The van der Waals surface area contributed by atoms with E-state index in [4.69, 9.17) is 40.7 Å². The van der Waals surface area contributed by atoms with Crippen LogP contribution in [0.4, 0.5) is 0 Å². The van der Waals surface area contributed by atoms with Crippen LogP contribution in [-0.2, 0) is 9.05 Å². The highest BCUT2D eigenvalue weighted by Gasteiger charge is 2.52. The second-order valence-corrected chi connectivity index (χ2v) is 18.1. The molecule has 4 aromatic rings. The average molecular weight is 692 g/mol. The number of fused-ring (bicyclic) bond motifs is 8. The van der Waals surface area contributed by atoms with Crippen LogP contribution in [0, 0.1) is 5.92 Å². The Hall–Kier alpha value is -4.51. The Morgan fingerprint density at radius 3 is 1.52 bits per heavy atom. The minimum atomic E-state index is -3.74. The van der Waals surface area contributed by atoms with Gasteiger partial charge in [-0.2, -0.15) is 0 Å². The molecule has 0 radical (unpaired) electrons. The van der Waals surface area contributed by atoms with Crippen LogP contribution in [0.3, 0.4) is 0 Å². The summed E-state index contributed by atoms with van der Waals surface area (Å²) in [5.74, 6) is 3.01. The lowest BCUT2D eigenvalue weighted by Gasteiger charge is -2.33. The normalized spacial score (nSPS) is 25.8. The van der Waals surface area contributed by atoms with E-state index in [1.165, 1.54) is 0 Å². The van der Waals surface area contributed by atoms with Crippen molar-refractivity contribution < 1.29 is 27.1 Å². The summed E-state index contributed by atoms with van der Waals surface area (Å²) in [5.41, 5.74) is 4.50. The molecule has 4 aliphatic heterocycles. The molecule has 0 saturated heterocycles. The monoisotopic (exact) mass is 691 g/mol. The molecule has 2 aliphatic carbocycles. The molecule has 9 nitrogen and oxygen atoms in total. The minimum Gasteiger partial charge on any atom is -0.426 e. The molecule has 238 valence electrons. The van der Waals surface area contributed by atoms with Gasteiger partial charge < -0.3 is 22.6 Å². The van der Waals surface area contributed by atoms with Gasteiger partial charge in [0, 0.05) is 34.6 Å². The van der Waals surface area contributed by atoms with Gasteiger partial charge in [-0.1, -0.05) is 114 Å². The fourth-order valence-electron chi connectivity index (χ4n) is 6.68. The Morgan fingerprint density at radius 1 is 0.521 bits per heavy atom. The van der Waals surface area contributed by atoms with E-state index in [2.05, 4.69) is 18.2 Å². The predicted octanol–water partition coefficient (Wildman–Crippen LogP) is 11.9. The largest absolute Gasteiger partial charge is 0.460 e. The van der Waals surface area contributed by atoms with Gasteiger partial charge in [0.2, 0.25) is 0 Å². The Bertz CT molecular complexity index is 2140. The van der Waals surface area contributed by atoms with E-state index in [1.807, 2.05) is 115 Å².